The molecule has 15 heavy (non-hydrogen) atoms. The smallest absolute Gasteiger partial charge is 0.328 e. The molecule has 6 heteroatoms. The van der Waals surface area contributed by atoms with Crippen LogP contribution < -0.4 is 5.73 Å². The monoisotopic (exact) mass is 217 g/mol. The van der Waals surface area contributed by atoms with Gasteiger partial charge in [-0.15, -0.1) is 0 Å². The van der Waals surface area contributed by atoms with E-state index >= 15 is 0 Å². The Morgan fingerprint density at radius 3 is 1.67 bits per heavy atom. The van der Waals surface area contributed by atoms with Crippen molar-refractivity contribution in [2.75, 3.05) is 0 Å². The highest BCUT2D eigenvalue weighted by Gasteiger charge is 1.88. The highest BCUT2D eigenvalue weighted by atomic mass is 16.4. The van der Waals surface area contributed by atoms with E-state index < -0.39 is 11.9 Å². The Labute approximate surface area is 87.4 Å². The molecule has 0 aromatic rings. The Kier molecular flexibility index (Phi) is 10.7. The summed E-state index contributed by atoms with van der Waals surface area (Å²) in [7, 11) is 0. The van der Waals surface area contributed by atoms with Gasteiger partial charge in [0.1, 0.15) is 0 Å². The molecule has 0 unspecified atom stereocenters. The molecule has 0 aliphatic heterocycles. The Morgan fingerprint density at radius 2 is 1.53 bits per heavy atom. The number of carbonyl (C=O) groups excluding carboxylic acids is 1. The van der Waals surface area contributed by atoms with Crippen LogP contribution in [-0.2, 0) is 14.4 Å². The predicted octanol–water partition coefficient (Wildman–Crippen LogP) is 0.374. The van der Waals surface area contributed by atoms with E-state index in [2.05, 4.69) is 0 Å². The van der Waals surface area contributed by atoms with E-state index in [-0.39, 0.29) is 5.91 Å². The number of unbranched alkanes of at least 4 members (excludes halogenated alkanes) is 1. The fourth-order valence-corrected chi connectivity index (χ4v) is 0.494. The van der Waals surface area contributed by atoms with Gasteiger partial charge in [-0.05, 0) is 6.42 Å². The van der Waals surface area contributed by atoms with Gasteiger partial charge in [-0.3, -0.25) is 4.79 Å². The summed E-state index contributed by atoms with van der Waals surface area (Å²) in [6.07, 6.45) is 3.62. The second-order valence-electron chi connectivity index (χ2n) is 2.58. The van der Waals surface area contributed by atoms with Crippen LogP contribution in [0.25, 0.3) is 0 Å². The van der Waals surface area contributed by atoms with Gasteiger partial charge in [-0.1, -0.05) is 13.3 Å². The highest BCUT2D eigenvalue weighted by Crippen LogP contribution is 1.89. The molecule has 6 nitrogen and oxygen atoms in total. The molecule has 86 valence electrons. The minimum atomic E-state index is -1.26. The average molecular weight is 217 g/mol. The van der Waals surface area contributed by atoms with Crippen LogP contribution in [0, 0.1) is 0 Å². The molecule has 0 atom stereocenters. The van der Waals surface area contributed by atoms with Crippen LogP contribution >= 0.6 is 0 Å². The van der Waals surface area contributed by atoms with Crippen molar-refractivity contribution in [1.82, 2.24) is 0 Å². The van der Waals surface area contributed by atoms with Crippen molar-refractivity contribution < 1.29 is 24.6 Å². The number of rotatable bonds is 5. The lowest BCUT2D eigenvalue weighted by Crippen LogP contribution is -2.09. The Bertz CT molecular complexity index is 231. The zero-order chi connectivity index (χ0) is 12.3. The molecule has 0 saturated carbocycles. The first-order chi connectivity index (χ1) is 6.90. The van der Waals surface area contributed by atoms with Gasteiger partial charge in [-0.25, -0.2) is 9.59 Å². The zero-order valence-corrected chi connectivity index (χ0v) is 8.47. The summed E-state index contributed by atoms with van der Waals surface area (Å²) in [4.78, 5) is 29.1. The number of nitrogens with two attached hydrogens (primary N) is 1. The van der Waals surface area contributed by atoms with Gasteiger partial charge in [0.2, 0.25) is 5.91 Å². The fraction of sp³-hybridized carbons (Fsp3) is 0.444. The summed E-state index contributed by atoms with van der Waals surface area (Å²) in [5.41, 5.74) is 4.84. The van der Waals surface area contributed by atoms with E-state index in [1.54, 1.807) is 0 Å². The third-order valence-electron chi connectivity index (χ3n) is 1.15. The van der Waals surface area contributed by atoms with Crippen molar-refractivity contribution in [2.24, 2.45) is 5.73 Å². The summed E-state index contributed by atoms with van der Waals surface area (Å²) in [5.74, 6) is -2.71. The number of amides is 1. The van der Waals surface area contributed by atoms with E-state index in [0.29, 0.717) is 18.6 Å². The van der Waals surface area contributed by atoms with Crippen LogP contribution in [0.2, 0.25) is 0 Å². The third-order valence-corrected chi connectivity index (χ3v) is 1.15. The zero-order valence-electron chi connectivity index (χ0n) is 8.47. The Hall–Kier alpha value is -1.85. The lowest BCUT2D eigenvalue weighted by atomic mass is 10.2. The molecule has 0 aromatic heterocycles. The number of carbonyl (C=O) groups is 3. The van der Waals surface area contributed by atoms with Gasteiger partial charge in [0.15, 0.2) is 0 Å². The third kappa shape index (κ3) is 24.5. The Balaban J connectivity index is 0. The lowest BCUT2D eigenvalue weighted by Gasteiger charge is -1.86. The first-order valence-corrected chi connectivity index (χ1v) is 4.32. The van der Waals surface area contributed by atoms with E-state index in [0.717, 1.165) is 12.8 Å². The van der Waals surface area contributed by atoms with E-state index in [1.165, 1.54) is 0 Å². The van der Waals surface area contributed by atoms with Crippen molar-refractivity contribution in [3.05, 3.63) is 12.2 Å². The minimum Gasteiger partial charge on any atom is -0.478 e. The molecule has 0 radical (unpaired) electrons. The van der Waals surface area contributed by atoms with Gasteiger partial charge in [0.25, 0.3) is 0 Å². The quantitative estimate of drug-likeness (QED) is 0.575. The molecule has 0 bridgehead atoms. The van der Waals surface area contributed by atoms with Crippen LogP contribution in [0.1, 0.15) is 26.2 Å². The normalized spacial score (nSPS) is 9.13. The molecule has 0 spiro atoms. The molecular formula is C9H15NO5. The van der Waals surface area contributed by atoms with Crippen molar-refractivity contribution >= 4 is 17.8 Å². The van der Waals surface area contributed by atoms with E-state index in [9.17, 15) is 14.4 Å². The van der Waals surface area contributed by atoms with Gasteiger partial charge < -0.3 is 15.9 Å². The predicted molar refractivity (Wildman–Crippen MR) is 53.1 cm³/mol. The number of carboxylic acid groups (broad SMARTS) is 2. The Morgan fingerprint density at radius 1 is 1.13 bits per heavy atom. The molecule has 0 aliphatic rings. The summed E-state index contributed by atoms with van der Waals surface area (Å²) in [6, 6.07) is 0. The number of hydrogen-bond acceptors (Lipinski definition) is 3. The standard InChI is InChI=1S/C5H11NO.C4H4O4/c1-2-3-4-5(6)7;5-3(6)1-2-4(7)8/h2-4H2,1H3,(H2,6,7);1-2H,(H,5,6)(H,7,8)/b;2-1-. The summed E-state index contributed by atoms with van der Waals surface area (Å²) < 4.78 is 0. The molecule has 0 aromatic carbocycles. The van der Waals surface area contributed by atoms with Gasteiger partial charge in [0, 0.05) is 18.6 Å². The van der Waals surface area contributed by atoms with Crippen LogP contribution in [0.15, 0.2) is 12.2 Å². The molecule has 0 heterocycles. The maximum Gasteiger partial charge on any atom is 0.328 e. The van der Waals surface area contributed by atoms with Crippen molar-refractivity contribution in [3.63, 3.8) is 0 Å². The highest BCUT2D eigenvalue weighted by molar-refractivity contribution is 5.89. The van der Waals surface area contributed by atoms with Gasteiger partial charge in [-0.2, -0.15) is 0 Å². The first-order valence-electron chi connectivity index (χ1n) is 4.32. The lowest BCUT2D eigenvalue weighted by molar-refractivity contribution is -0.134. The summed E-state index contributed by atoms with van der Waals surface area (Å²) in [5, 5.41) is 15.6. The molecular weight excluding hydrogens is 202 g/mol. The second kappa shape index (κ2) is 10.2. The number of aliphatic carboxylic acids is 2. The SMILES string of the molecule is CCCCC(N)=O.O=C(O)/C=C\C(=O)O. The largest absolute Gasteiger partial charge is 0.478 e. The van der Waals surface area contributed by atoms with Crippen LogP contribution in [0.3, 0.4) is 0 Å². The van der Waals surface area contributed by atoms with Crippen LogP contribution in [0.5, 0.6) is 0 Å². The van der Waals surface area contributed by atoms with Crippen LogP contribution in [-0.4, -0.2) is 28.1 Å². The van der Waals surface area contributed by atoms with Crippen molar-refractivity contribution in [2.45, 2.75) is 26.2 Å². The number of primary amides is 1. The average Bonchev–Trinajstić information content (AvgIpc) is 2.12. The molecule has 1 amide bonds. The van der Waals surface area contributed by atoms with Gasteiger partial charge >= 0.3 is 11.9 Å². The summed E-state index contributed by atoms with van der Waals surface area (Å²) in [6.45, 7) is 2.03. The van der Waals surface area contributed by atoms with Crippen molar-refractivity contribution in [1.29, 1.82) is 0 Å². The molecule has 4 N–H and O–H groups in total. The topological polar surface area (TPSA) is 118 Å². The number of hydrogen-bond donors (Lipinski definition) is 3. The molecule has 0 aliphatic carbocycles. The van der Waals surface area contributed by atoms with E-state index in [1.807, 2.05) is 6.92 Å². The molecule has 0 fully saturated rings. The molecule has 0 saturated heterocycles. The molecule has 0 rings (SSSR count). The summed E-state index contributed by atoms with van der Waals surface area (Å²) >= 11 is 0. The fourth-order valence-electron chi connectivity index (χ4n) is 0.494. The van der Waals surface area contributed by atoms with Crippen LogP contribution in [0.4, 0.5) is 0 Å². The first kappa shape index (κ1) is 15.6. The van der Waals surface area contributed by atoms with Gasteiger partial charge in [0.05, 0.1) is 0 Å². The van der Waals surface area contributed by atoms with Crippen molar-refractivity contribution in [3.8, 4) is 0 Å². The minimum absolute atomic E-state index is 0.193. The number of carboxylic acids is 2. The second-order valence-corrected chi connectivity index (χ2v) is 2.58. The maximum absolute atomic E-state index is 9.98. The maximum atomic E-state index is 9.98. The van der Waals surface area contributed by atoms with E-state index in [4.69, 9.17) is 15.9 Å².